The molecule has 0 bridgehead atoms. The highest BCUT2D eigenvalue weighted by Crippen LogP contribution is 2.16. The van der Waals surface area contributed by atoms with Gasteiger partial charge in [-0.3, -0.25) is 10.1 Å². The van der Waals surface area contributed by atoms with Gasteiger partial charge in [0.1, 0.15) is 5.01 Å². The number of nitrogens with zero attached hydrogens (tertiary/aromatic N) is 2. The van der Waals surface area contributed by atoms with E-state index in [1.165, 1.54) is 42.5 Å². The molecule has 2 rings (SSSR count). The van der Waals surface area contributed by atoms with E-state index >= 15 is 0 Å². The quantitative estimate of drug-likeness (QED) is 0.846. The minimum Gasteiger partial charge on any atom is -0.299 e. The molecule has 0 fully saturated rings. The second kappa shape index (κ2) is 6.69. The van der Waals surface area contributed by atoms with Gasteiger partial charge in [-0.05, 0) is 38.1 Å². The molecule has 22 heavy (non-hydrogen) atoms. The van der Waals surface area contributed by atoms with E-state index < -0.39 is 22.0 Å². The Kier molecular flexibility index (Phi) is 5.12. The maximum Gasteiger partial charge on any atom is 0.244 e. The molecule has 10 heteroatoms. The zero-order chi connectivity index (χ0) is 16.3. The smallest absolute Gasteiger partial charge is 0.244 e. The van der Waals surface area contributed by atoms with E-state index in [0.717, 1.165) is 0 Å². The lowest BCUT2D eigenvalue weighted by Crippen LogP contribution is -2.41. The van der Waals surface area contributed by atoms with Gasteiger partial charge in [-0.1, -0.05) is 22.9 Å². The van der Waals surface area contributed by atoms with Crippen molar-refractivity contribution >= 4 is 44.0 Å². The van der Waals surface area contributed by atoms with Crippen LogP contribution in [0.1, 0.15) is 11.9 Å². The van der Waals surface area contributed by atoms with E-state index in [1.807, 2.05) is 0 Å². The highest BCUT2D eigenvalue weighted by Gasteiger charge is 2.22. The van der Waals surface area contributed by atoms with Gasteiger partial charge in [0.05, 0.1) is 10.9 Å². The molecule has 0 aliphatic heterocycles. The molecular weight excluding hydrogens is 348 g/mol. The first kappa shape index (κ1) is 16.8. The topological polar surface area (TPSA) is 101 Å². The summed E-state index contributed by atoms with van der Waals surface area (Å²) in [5, 5.41) is 11.5. The van der Waals surface area contributed by atoms with Gasteiger partial charge in [-0.15, -0.1) is 10.2 Å². The minimum atomic E-state index is -3.81. The van der Waals surface area contributed by atoms with Crippen LogP contribution in [-0.4, -0.2) is 30.6 Å². The fraction of sp³-hybridized carbons (Fsp3) is 0.250. The molecule has 0 unspecified atom stereocenters. The van der Waals surface area contributed by atoms with Crippen LogP contribution in [0.3, 0.4) is 0 Å². The number of aryl methyl sites for hydroxylation is 1. The number of hydrogen-bond donors (Lipinski definition) is 2. The Bertz CT molecular complexity index is 774. The van der Waals surface area contributed by atoms with Crippen molar-refractivity contribution in [2.24, 2.45) is 0 Å². The van der Waals surface area contributed by atoms with E-state index in [2.05, 4.69) is 20.2 Å². The number of anilines is 1. The molecule has 7 nitrogen and oxygen atoms in total. The summed E-state index contributed by atoms with van der Waals surface area (Å²) in [5.41, 5.74) is 0. The standard InChI is InChI=1S/C12H13ClN4O3S2/c1-7(11(18)14-12-16-15-8(2)21-12)17-22(19,20)10-5-3-9(13)4-6-10/h3-7,17H,1-2H3,(H,14,16,18)/t7-/m0/s1. The van der Waals surface area contributed by atoms with Crippen LogP contribution in [0.25, 0.3) is 0 Å². The lowest BCUT2D eigenvalue weighted by Gasteiger charge is -2.13. The van der Waals surface area contributed by atoms with Crippen molar-refractivity contribution in [1.82, 2.24) is 14.9 Å². The summed E-state index contributed by atoms with van der Waals surface area (Å²) >= 11 is 6.92. The molecule has 1 aromatic carbocycles. The number of carbonyl (C=O) groups is 1. The zero-order valence-corrected chi connectivity index (χ0v) is 14.1. The number of nitrogens with one attached hydrogen (secondary N) is 2. The number of carbonyl (C=O) groups excluding carboxylic acids is 1. The second-order valence-corrected chi connectivity index (χ2v) is 7.74. The summed E-state index contributed by atoms with van der Waals surface area (Å²) in [6, 6.07) is 4.69. The average Bonchev–Trinajstić information content (AvgIpc) is 2.84. The first-order valence-corrected chi connectivity index (χ1v) is 8.84. The molecule has 2 aromatic rings. The third kappa shape index (κ3) is 4.23. The predicted molar refractivity (Wildman–Crippen MR) is 84.5 cm³/mol. The molecule has 1 aromatic heterocycles. The lowest BCUT2D eigenvalue weighted by molar-refractivity contribution is -0.117. The van der Waals surface area contributed by atoms with Gasteiger partial charge in [0.25, 0.3) is 0 Å². The SMILES string of the molecule is Cc1nnc(NC(=O)[C@H](C)NS(=O)(=O)c2ccc(Cl)cc2)s1. The third-order valence-corrected chi connectivity index (χ3v) is 5.17. The molecule has 118 valence electrons. The maximum absolute atomic E-state index is 12.2. The fourth-order valence-electron chi connectivity index (χ4n) is 1.53. The van der Waals surface area contributed by atoms with Crippen molar-refractivity contribution in [3.8, 4) is 0 Å². The van der Waals surface area contributed by atoms with Gasteiger partial charge in [0.15, 0.2) is 0 Å². The Balaban J connectivity index is 2.05. The summed E-state index contributed by atoms with van der Waals surface area (Å²) in [4.78, 5) is 12.0. The van der Waals surface area contributed by atoms with Crippen LogP contribution in [-0.2, 0) is 14.8 Å². The number of aromatic nitrogens is 2. The number of benzene rings is 1. The van der Waals surface area contributed by atoms with Crippen molar-refractivity contribution in [3.05, 3.63) is 34.3 Å². The normalized spacial score (nSPS) is 12.9. The minimum absolute atomic E-state index is 0.0308. The van der Waals surface area contributed by atoms with Crippen LogP contribution in [0.2, 0.25) is 5.02 Å². The molecule has 0 spiro atoms. The Hall–Kier alpha value is -1.55. The number of rotatable bonds is 5. The summed E-state index contributed by atoms with van der Waals surface area (Å²) < 4.78 is 26.6. The van der Waals surface area contributed by atoms with Crippen molar-refractivity contribution < 1.29 is 13.2 Å². The van der Waals surface area contributed by atoms with Gasteiger partial charge >= 0.3 is 0 Å². The summed E-state index contributed by atoms with van der Waals surface area (Å²) in [6.45, 7) is 3.19. The molecule has 0 saturated heterocycles. The van der Waals surface area contributed by atoms with Crippen LogP contribution in [0.4, 0.5) is 5.13 Å². The zero-order valence-electron chi connectivity index (χ0n) is 11.7. The monoisotopic (exact) mass is 360 g/mol. The molecule has 0 aliphatic rings. The third-order valence-electron chi connectivity index (χ3n) is 2.61. The molecule has 0 radical (unpaired) electrons. The van der Waals surface area contributed by atoms with Crippen LogP contribution < -0.4 is 10.0 Å². The molecule has 1 amide bonds. The fourth-order valence-corrected chi connectivity index (χ4v) is 3.45. The van der Waals surface area contributed by atoms with Crippen LogP contribution in [0.15, 0.2) is 29.2 Å². The van der Waals surface area contributed by atoms with Crippen LogP contribution in [0.5, 0.6) is 0 Å². The largest absolute Gasteiger partial charge is 0.299 e. The number of halogens is 1. The van der Waals surface area contributed by atoms with Gasteiger partial charge in [0.2, 0.25) is 21.1 Å². The van der Waals surface area contributed by atoms with E-state index in [-0.39, 0.29) is 4.90 Å². The van der Waals surface area contributed by atoms with E-state index in [9.17, 15) is 13.2 Å². The highest BCUT2D eigenvalue weighted by atomic mass is 35.5. The van der Waals surface area contributed by atoms with Crippen molar-refractivity contribution in [1.29, 1.82) is 0 Å². The average molecular weight is 361 g/mol. The van der Waals surface area contributed by atoms with Crippen molar-refractivity contribution in [3.63, 3.8) is 0 Å². The van der Waals surface area contributed by atoms with Crippen LogP contribution >= 0.6 is 22.9 Å². The van der Waals surface area contributed by atoms with Crippen molar-refractivity contribution in [2.45, 2.75) is 24.8 Å². The molecular formula is C12H13ClN4O3S2. The molecule has 2 N–H and O–H groups in total. The number of amides is 1. The van der Waals surface area contributed by atoms with E-state index in [1.54, 1.807) is 6.92 Å². The molecule has 0 aliphatic carbocycles. The van der Waals surface area contributed by atoms with E-state index in [0.29, 0.717) is 15.2 Å². The lowest BCUT2D eigenvalue weighted by atomic mass is 10.3. The Morgan fingerprint density at radius 1 is 1.27 bits per heavy atom. The molecule has 1 heterocycles. The first-order valence-electron chi connectivity index (χ1n) is 6.17. The van der Waals surface area contributed by atoms with Gasteiger partial charge in [0, 0.05) is 5.02 Å². The molecule has 0 saturated carbocycles. The summed E-state index contributed by atoms with van der Waals surface area (Å²) in [7, 11) is -3.81. The van der Waals surface area contributed by atoms with E-state index in [4.69, 9.17) is 11.6 Å². The Morgan fingerprint density at radius 2 is 1.91 bits per heavy atom. The maximum atomic E-state index is 12.2. The van der Waals surface area contributed by atoms with Crippen LogP contribution in [0, 0.1) is 6.92 Å². The number of hydrogen-bond acceptors (Lipinski definition) is 6. The van der Waals surface area contributed by atoms with Gasteiger partial charge in [-0.25, -0.2) is 8.42 Å². The van der Waals surface area contributed by atoms with Gasteiger partial charge < -0.3 is 0 Å². The Labute approximate surface area is 136 Å². The summed E-state index contributed by atoms with van der Waals surface area (Å²) in [5.74, 6) is -0.520. The predicted octanol–water partition coefficient (Wildman–Crippen LogP) is 1.81. The first-order chi connectivity index (χ1) is 10.3. The summed E-state index contributed by atoms with van der Waals surface area (Å²) in [6.07, 6.45) is 0. The second-order valence-electron chi connectivity index (χ2n) is 4.41. The Morgan fingerprint density at radius 3 is 2.45 bits per heavy atom. The van der Waals surface area contributed by atoms with Crippen molar-refractivity contribution in [2.75, 3.05) is 5.32 Å². The molecule has 1 atom stereocenters. The number of sulfonamides is 1. The van der Waals surface area contributed by atoms with Gasteiger partial charge in [-0.2, -0.15) is 4.72 Å². The highest BCUT2D eigenvalue weighted by molar-refractivity contribution is 7.89.